The fraction of sp³-hybridized carbons (Fsp3) is 0.429. The SMILES string of the molecule is Cc1nn(C)c2ncc(CNC3CC=CC3)cc12. The standard InChI is InChI=1S/C14H18N4/c1-10-13-7-11(8-15-12-5-3-4-6-12)9-16-14(13)18(2)17-10/h3-4,7,9,12,15H,5-6,8H2,1-2H3. The molecular weight excluding hydrogens is 224 g/mol. The molecule has 4 nitrogen and oxygen atoms in total. The number of hydrogen-bond acceptors (Lipinski definition) is 3. The van der Waals surface area contributed by atoms with Crippen LogP contribution in [-0.2, 0) is 13.6 Å². The topological polar surface area (TPSA) is 42.7 Å². The van der Waals surface area contributed by atoms with Crippen LogP contribution in [-0.4, -0.2) is 20.8 Å². The van der Waals surface area contributed by atoms with Crippen molar-refractivity contribution in [1.29, 1.82) is 0 Å². The second kappa shape index (κ2) is 4.53. The summed E-state index contributed by atoms with van der Waals surface area (Å²) in [5.74, 6) is 0. The third kappa shape index (κ3) is 2.04. The molecule has 0 fully saturated rings. The van der Waals surface area contributed by atoms with Crippen LogP contribution >= 0.6 is 0 Å². The first kappa shape index (κ1) is 11.4. The van der Waals surface area contributed by atoms with Gasteiger partial charge in [-0.2, -0.15) is 5.10 Å². The molecule has 0 radical (unpaired) electrons. The van der Waals surface area contributed by atoms with Gasteiger partial charge in [0.15, 0.2) is 5.65 Å². The van der Waals surface area contributed by atoms with Crippen molar-refractivity contribution in [3.05, 3.63) is 35.7 Å². The van der Waals surface area contributed by atoms with Crippen LogP contribution in [0.3, 0.4) is 0 Å². The number of hydrogen-bond donors (Lipinski definition) is 1. The number of pyridine rings is 1. The minimum atomic E-state index is 0.593. The number of fused-ring (bicyclic) bond motifs is 1. The smallest absolute Gasteiger partial charge is 0.157 e. The average Bonchev–Trinajstić information content (AvgIpc) is 2.97. The summed E-state index contributed by atoms with van der Waals surface area (Å²) < 4.78 is 1.84. The van der Waals surface area contributed by atoms with Crippen molar-refractivity contribution in [3.63, 3.8) is 0 Å². The van der Waals surface area contributed by atoms with Crippen LogP contribution in [0.2, 0.25) is 0 Å². The summed E-state index contributed by atoms with van der Waals surface area (Å²) >= 11 is 0. The molecule has 0 aliphatic heterocycles. The van der Waals surface area contributed by atoms with E-state index in [0.29, 0.717) is 6.04 Å². The number of nitrogens with zero attached hydrogens (tertiary/aromatic N) is 3. The zero-order chi connectivity index (χ0) is 12.5. The van der Waals surface area contributed by atoms with Crippen molar-refractivity contribution in [2.45, 2.75) is 32.4 Å². The first-order valence-corrected chi connectivity index (χ1v) is 6.40. The maximum atomic E-state index is 4.49. The molecule has 2 aromatic rings. The molecule has 18 heavy (non-hydrogen) atoms. The predicted molar refractivity (Wildman–Crippen MR) is 72.2 cm³/mol. The molecule has 94 valence electrons. The Balaban J connectivity index is 1.78. The van der Waals surface area contributed by atoms with Crippen LogP contribution in [0.4, 0.5) is 0 Å². The largest absolute Gasteiger partial charge is 0.309 e. The van der Waals surface area contributed by atoms with E-state index in [1.165, 1.54) is 5.56 Å². The Hall–Kier alpha value is -1.68. The highest BCUT2D eigenvalue weighted by molar-refractivity contribution is 5.78. The van der Waals surface area contributed by atoms with Crippen molar-refractivity contribution < 1.29 is 0 Å². The quantitative estimate of drug-likeness (QED) is 0.838. The summed E-state index contributed by atoms with van der Waals surface area (Å²) in [6.07, 6.45) is 8.71. The Morgan fingerprint density at radius 2 is 2.17 bits per heavy atom. The summed E-state index contributed by atoms with van der Waals surface area (Å²) in [7, 11) is 1.93. The van der Waals surface area contributed by atoms with Crippen LogP contribution in [0, 0.1) is 6.92 Å². The highest BCUT2D eigenvalue weighted by Gasteiger charge is 2.10. The molecule has 0 atom stereocenters. The lowest BCUT2D eigenvalue weighted by molar-refractivity contribution is 0.538. The molecule has 4 heteroatoms. The van der Waals surface area contributed by atoms with Crippen molar-refractivity contribution in [2.24, 2.45) is 7.05 Å². The molecule has 1 N–H and O–H groups in total. The molecule has 2 aromatic heterocycles. The van der Waals surface area contributed by atoms with Gasteiger partial charge >= 0.3 is 0 Å². The van der Waals surface area contributed by atoms with E-state index in [2.05, 4.69) is 33.6 Å². The van der Waals surface area contributed by atoms with Gasteiger partial charge < -0.3 is 5.32 Å². The van der Waals surface area contributed by atoms with Gasteiger partial charge in [-0.15, -0.1) is 0 Å². The van der Waals surface area contributed by atoms with E-state index in [4.69, 9.17) is 0 Å². The van der Waals surface area contributed by atoms with Crippen molar-refractivity contribution in [3.8, 4) is 0 Å². The van der Waals surface area contributed by atoms with Gasteiger partial charge in [0.05, 0.1) is 5.69 Å². The van der Waals surface area contributed by atoms with E-state index >= 15 is 0 Å². The average molecular weight is 242 g/mol. The zero-order valence-corrected chi connectivity index (χ0v) is 10.8. The summed E-state index contributed by atoms with van der Waals surface area (Å²) in [5.41, 5.74) is 3.23. The number of aryl methyl sites for hydroxylation is 2. The third-order valence-electron chi connectivity index (χ3n) is 3.52. The van der Waals surface area contributed by atoms with Crippen LogP contribution < -0.4 is 5.32 Å². The first-order valence-electron chi connectivity index (χ1n) is 6.40. The summed E-state index contributed by atoms with van der Waals surface area (Å²) in [6.45, 7) is 2.91. The molecule has 1 aliphatic carbocycles. The van der Waals surface area contributed by atoms with Gasteiger partial charge in [0.1, 0.15) is 0 Å². The zero-order valence-electron chi connectivity index (χ0n) is 10.8. The molecule has 0 spiro atoms. The molecule has 0 unspecified atom stereocenters. The minimum Gasteiger partial charge on any atom is -0.309 e. The van der Waals surface area contributed by atoms with E-state index in [0.717, 1.165) is 36.1 Å². The molecule has 0 saturated heterocycles. The van der Waals surface area contributed by atoms with Gasteiger partial charge in [0.25, 0.3) is 0 Å². The first-order chi connectivity index (χ1) is 8.74. The second-order valence-electron chi connectivity index (χ2n) is 4.94. The Morgan fingerprint density at radius 1 is 1.39 bits per heavy atom. The fourth-order valence-electron chi connectivity index (χ4n) is 2.49. The highest BCUT2D eigenvalue weighted by atomic mass is 15.3. The van der Waals surface area contributed by atoms with Gasteiger partial charge in [0.2, 0.25) is 0 Å². The van der Waals surface area contributed by atoms with E-state index in [1.54, 1.807) is 0 Å². The Bertz CT molecular complexity index is 589. The van der Waals surface area contributed by atoms with E-state index in [9.17, 15) is 0 Å². The molecule has 0 amide bonds. The fourth-order valence-corrected chi connectivity index (χ4v) is 2.49. The van der Waals surface area contributed by atoms with Crippen LogP contribution in [0.5, 0.6) is 0 Å². The van der Waals surface area contributed by atoms with Gasteiger partial charge in [0, 0.05) is 31.2 Å². The van der Waals surface area contributed by atoms with Crippen molar-refractivity contribution >= 4 is 11.0 Å². The summed E-state index contributed by atoms with van der Waals surface area (Å²) in [5, 5.41) is 9.11. The van der Waals surface area contributed by atoms with E-state index in [-0.39, 0.29) is 0 Å². The van der Waals surface area contributed by atoms with Gasteiger partial charge in [-0.3, -0.25) is 4.68 Å². The Morgan fingerprint density at radius 3 is 2.94 bits per heavy atom. The number of nitrogens with one attached hydrogen (secondary N) is 1. The summed E-state index contributed by atoms with van der Waals surface area (Å²) in [4.78, 5) is 4.49. The predicted octanol–water partition coefficient (Wildman–Crippen LogP) is 2.08. The Kier molecular flexibility index (Phi) is 2.88. The molecular formula is C14H18N4. The number of rotatable bonds is 3. The van der Waals surface area contributed by atoms with Gasteiger partial charge in [-0.05, 0) is 31.4 Å². The van der Waals surface area contributed by atoms with Gasteiger partial charge in [-0.1, -0.05) is 12.2 Å². The van der Waals surface area contributed by atoms with Crippen LogP contribution in [0.15, 0.2) is 24.4 Å². The lowest BCUT2D eigenvalue weighted by atomic mass is 10.2. The molecule has 0 bridgehead atoms. The Labute approximate surface area is 107 Å². The van der Waals surface area contributed by atoms with E-state index < -0.39 is 0 Å². The lowest BCUT2D eigenvalue weighted by Gasteiger charge is -2.11. The monoisotopic (exact) mass is 242 g/mol. The van der Waals surface area contributed by atoms with E-state index in [1.807, 2.05) is 24.9 Å². The lowest BCUT2D eigenvalue weighted by Crippen LogP contribution is -2.25. The normalized spacial score (nSPS) is 15.9. The van der Waals surface area contributed by atoms with Crippen LogP contribution in [0.25, 0.3) is 11.0 Å². The number of aromatic nitrogens is 3. The second-order valence-corrected chi connectivity index (χ2v) is 4.94. The molecule has 0 aromatic carbocycles. The molecule has 0 saturated carbocycles. The maximum absolute atomic E-state index is 4.49. The highest BCUT2D eigenvalue weighted by Crippen LogP contribution is 2.17. The molecule has 1 aliphatic rings. The van der Waals surface area contributed by atoms with Crippen molar-refractivity contribution in [1.82, 2.24) is 20.1 Å². The molecule has 3 rings (SSSR count). The minimum absolute atomic E-state index is 0.593. The third-order valence-corrected chi connectivity index (χ3v) is 3.52. The van der Waals surface area contributed by atoms with Crippen molar-refractivity contribution in [2.75, 3.05) is 0 Å². The molecule has 2 heterocycles. The maximum Gasteiger partial charge on any atom is 0.157 e. The van der Waals surface area contributed by atoms with Gasteiger partial charge in [-0.25, -0.2) is 4.98 Å². The van der Waals surface area contributed by atoms with Crippen LogP contribution in [0.1, 0.15) is 24.1 Å². The summed E-state index contributed by atoms with van der Waals surface area (Å²) in [6, 6.07) is 2.79.